The van der Waals surface area contributed by atoms with Gasteiger partial charge in [0.15, 0.2) is 0 Å². The first-order valence-electron chi connectivity index (χ1n) is 11.4. The minimum atomic E-state index is -4.39. The number of piperazine rings is 1. The van der Waals surface area contributed by atoms with E-state index in [1.54, 1.807) is 31.4 Å². The Hall–Kier alpha value is -2.95. The fourth-order valence-electron chi connectivity index (χ4n) is 5.42. The number of halogens is 3. The first kappa shape index (κ1) is 23.8. The van der Waals surface area contributed by atoms with Gasteiger partial charge in [0.2, 0.25) is 5.91 Å². The Morgan fingerprint density at radius 2 is 1.60 bits per heavy atom. The molecule has 7 nitrogen and oxygen atoms in total. The Morgan fingerprint density at radius 1 is 1.00 bits per heavy atom. The molecule has 3 heterocycles. The maximum Gasteiger partial charge on any atom is 0.416 e. The Bertz CT molecular complexity index is 1110. The molecule has 0 aliphatic carbocycles. The first-order valence-corrected chi connectivity index (χ1v) is 11.4. The summed E-state index contributed by atoms with van der Waals surface area (Å²) < 4.78 is 43.7. The lowest BCUT2D eigenvalue weighted by atomic mass is 9.82. The number of alkyl halides is 3. The van der Waals surface area contributed by atoms with Crippen LogP contribution in [0.25, 0.3) is 0 Å². The van der Waals surface area contributed by atoms with Gasteiger partial charge < -0.3 is 9.84 Å². The molecule has 5 rings (SSSR count). The molecule has 2 atom stereocenters. The second kappa shape index (κ2) is 8.61. The van der Waals surface area contributed by atoms with Gasteiger partial charge in [0.1, 0.15) is 11.3 Å². The minimum absolute atomic E-state index is 0.128. The standard InChI is InChI=1S/C25H26F3N3O4/c1-35-20-8-4-17(5-9-20)12-30-22(33)21-10-19(32)13-31(21)24(23(30)34)14-29(15-24)11-16-2-6-18(7-3-16)25(26,27)28/h2-9,19,21,32H,10-15H2,1H3/t19-,21+/m1/s1. The summed E-state index contributed by atoms with van der Waals surface area (Å²) in [6, 6.07) is 11.6. The van der Waals surface area contributed by atoms with Crippen molar-refractivity contribution in [3.8, 4) is 5.75 Å². The largest absolute Gasteiger partial charge is 0.497 e. The fraction of sp³-hybridized carbons (Fsp3) is 0.440. The molecule has 2 amide bonds. The Balaban J connectivity index is 1.33. The number of nitrogens with zero attached hydrogens (tertiary/aromatic N) is 3. The number of likely N-dealkylation sites (tertiary alicyclic amines) is 1. The van der Waals surface area contributed by atoms with Crippen LogP contribution in [0.2, 0.25) is 0 Å². The van der Waals surface area contributed by atoms with Crippen LogP contribution in [0.5, 0.6) is 5.75 Å². The number of β-amino-alcohol motifs (C(OH)–C–C–N with tert-alkyl or cyclic N) is 1. The van der Waals surface area contributed by atoms with Crippen molar-refractivity contribution in [1.29, 1.82) is 0 Å². The summed E-state index contributed by atoms with van der Waals surface area (Å²) in [5.41, 5.74) is -0.143. The zero-order valence-corrected chi connectivity index (χ0v) is 19.2. The molecule has 3 fully saturated rings. The highest BCUT2D eigenvalue weighted by Gasteiger charge is 2.64. The number of carbonyl (C=O) groups is 2. The Kier molecular flexibility index (Phi) is 5.85. The highest BCUT2D eigenvalue weighted by molar-refractivity contribution is 6.06. The predicted molar refractivity (Wildman–Crippen MR) is 119 cm³/mol. The third kappa shape index (κ3) is 4.19. The van der Waals surface area contributed by atoms with Crippen LogP contribution < -0.4 is 4.74 Å². The maximum absolute atomic E-state index is 13.7. The van der Waals surface area contributed by atoms with E-state index < -0.39 is 29.4 Å². The van der Waals surface area contributed by atoms with Gasteiger partial charge in [0, 0.05) is 26.2 Å². The summed E-state index contributed by atoms with van der Waals surface area (Å²) in [7, 11) is 1.56. The van der Waals surface area contributed by atoms with Crippen LogP contribution in [0.1, 0.15) is 23.1 Å². The van der Waals surface area contributed by atoms with Crippen LogP contribution in [-0.4, -0.2) is 76.0 Å². The molecule has 0 aromatic heterocycles. The van der Waals surface area contributed by atoms with E-state index in [1.165, 1.54) is 17.0 Å². The van der Waals surface area contributed by atoms with Crippen molar-refractivity contribution in [3.63, 3.8) is 0 Å². The third-order valence-corrected chi connectivity index (χ3v) is 7.18. The lowest BCUT2D eigenvalue weighted by Gasteiger charge is -2.58. The summed E-state index contributed by atoms with van der Waals surface area (Å²) >= 11 is 0. The van der Waals surface area contributed by atoms with Gasteiger partial charge in [-0.3, -0.25) is 24.3 Å². The van der Waals surface area contributed by atoms with Gasteiger partial charge in [-0.15, -0.1) is 0 Å². The van der Waals surface area contributed by atoms with Gasteiger partial charge >= 0.3 is 6.18 Å². The van der Waals surface area contributed by atoms with Gasteiger partial charge in [0.25, 0.3) is 5.91 Å². The molecule has 186 valence electrons. The molecule has 0 saturated carbocycles. The smallest absolute Gasteiger partial charge is 0.416 e. The molecular weight excluding hydrogens is 463 g/mol. The topological polar surface area (TPSA) is 73.3 Å². The molecule has 2 aromatic rings. The molecule has 2 aromatic carbocycles. The normalized spacial score (nSPS) is 24.5. The van der Waals surface area contributed by atoms with Crippen LogP contribution in [0.15, 0.2) is 48.5 Å². The lowest BCUT2D eigenvalue weighted by molar-refractivity contribution is -0.181. The lowest BCUT2D eigenvalue weighted by Crippen LogP contribution is -2.81. The number of methoxy groups -OCH3 is 1. The fourth-order valence-corrected chi connectivity index (χ4v) is 5.42. The van der Waals surface area contributed by atoms with Crippen LogP contribution >= 0.6 is 0 Å². The molecule has 35 heavy (non-hydrogen) atoms. The van der Waals surface area contributed by atoms with Crippen LogP contribution in [-0.2, 0) is 28.9 Å². The Morgan fingerprint density at radius 3 is 2.20 bits per heavy atom. The summed E-state index contributed by atoms with van der Waals surface area (Å²) in [5, 5.41) is 10.3. The number of amides is 2. The number of benzene rings is 2. The zero-order valence-electron chi connectivity index (χ0n) is 19.2. The second-order valence-electron chi connectivity index (χ2n) is 9.51. The number of aliphatic hydroxyl groups excluding tert-OH is 1. The van der Waals surface area contributed by atoms with E-state index in [0.717, 1.165) is 17.7 Å². The van der Waals surface area contributed by atoms with Crippen molar-refractivity contribution in [2.45, 2.75) is 43.4 Å². The summed E-state index contributed by atoms with van der Waals surface area (Å²) in [5.74, 6) is 0.0611. The minimum Gasteiger partial charge on any atom is -0.497 e. The molecule has 0 radical (unpaired) electrons. The Labute approximate surface area is 200 Å². The average Bonchev–Trinajstić information content (AvgIpc) is 3.20. The van der Waals surface area contributed by atoms with E-state index in [-0.39, 0.29) is 31.3 Å². The number of ether oxygens (including phenoxy) is 1. The number of aliphatic hydroxyl groups is 1. The van der Waals surface area contributed by atoms with E-state index >= 15 is 0 Å². The number of fused-ring (bicyclic) bond motifs is 2. The van der Waals surface area contributed by atoms with Crippen molar-refractivity contribution in [1.82, 2.24) is 14.7 Å². The highest BCUT2D eigenvalue weighted by Crippen LogP contribution is 2.41. The van der Waals surface area contributed by atoms with Gasteiger partial charge in [0.05, 0.1) is 31.4 Å². The number of hydrogen-bond donors (Lipinski definition) is 1. The van der Waals surface area contributed by atoms with Crippen molar-refractivity contribution in [3.05, 3.63) is 65.2 Å². The first-order chi connectivity index (χ1) is 16.6. The summed E-state index contributed by atoms with van der Waals surface area (Å²) in [6.07, 6.45) is -4.82. The average molecular weight is 489 g/mol. The molecule has 0 unspecified atom stereocenters. The van der Waals surface area contributed by atoms with E-state index in [9.17, 15) is 27.9 Å². The predicted octanol–water partition coefficient (Wildman–Crippen LogP) is 2.27. The molecule has 1 N–H and O–H groups in total. The number of imide groups is 1. The van der Waals surface area contributed by atoms with Crippen molar-refractivity contribution in [2.24, 2.45) is 0 Å². The zero-order chi connectivity index (χ0) is 25.0. The summed E-state index contributed by atoms with van der Waals surface area (Å²) in [4.78, 5) is 32.0. The van der Waals surface area contributed by atoms with Crippen molar-refractivity contribution >= 4 is 11.8 Å². The van der Waals surface area contributed by atoms with E-state index in [4.69, 9.17) is 4.74 Å². The number of rotatable bonds is 5. The van der Waals surface area contributed by atoms with E-state index in [2.05, 4.69) is 0 Å². The highest BCUT2D eigenvalue weighted by atomic mass is 19.4. The van der Waals surface area contributed by atoms with Gasteiger partial charge in [-0.05, 0) is 41.8 Å². The van der Waals surface area contributed by atoms with Crippen molar-refractivity contribution < 1.29 is 32.6 Å². The maximum atomic E-state index is 13.7. The quantitative estimate of drug-likeness (QED) is 0.650. The van der Waals surface area contributed by atoms with Gasteiger partial charge in [-0.1, -0.05) is 24.3 Å². The molecule has 3 aliphatic rings. The van der Waals surface area contributed by atoms with E-state index in [1.807, 2.05) is 9.80 Å². The van der Waals surface area contributed by atoms with E-state index in [0.29, 0.717) is 30.9 Å². The molecule has 0 bridgehead atoms. The number of carbonyl (C=O) groups excluding carboxylic acids is 2. The SMILES string of the molecule is COc1ccc(CN2C(=O)[C@@H]3C[C@@H](O)CN3C3(CN(Cc4ccc(C(F)(F)F)cc4)C3)C2=O)cc1. The molecule has 1 spiro atoms. The number of hydrogen-bond acceptors (Lipinski definition) is 6. The van der Waals surface area contributed by atoms with Gasteiger partial charge in [-0.2, -0.15) is 13.2 Å². The third-order valence-electron chi connectivity index (χ3n) is 7.18. The monoisotopic (exact) mass is 489 g/mol. The molecular formula is C25H26F3N3O4. The molecule has 3 aliphatic heterocycles. The molecule has 10 heteroatoms. The van der Waals surface area contributed by atoms with Crippen LogP contribution in [0.3, 0.4) is 0 Å². The second-order valence-corrected chi connectivity index (χ2v) is 9.51. The van der Waals surface area contributed by atoms with Crippen LogP contribution in [0, 0.1) is 0 Å². The van der Waals surface area contributed by atoms with Crippen LogP contribution in [0.4, 0.5) is 13.2 Å². The summed E-state index contributed by atoms with van der Waals surface area (Å²) in [6.45, 7) is 1.43. The van der Waals surface area contributed by atoms with Gasteiger partial charge in [-0.25, -0.2) is 0 Å². The van der Waals surface area contributed by atoms with Crippen molar-refractivity contribution in [2.75, 3.05) is 26.7 Å². The molecule has 3 saturated heterocycles.